The maximum absolute atomic E-state index is 13.0. The Balaban J connectivity index is 1.70. The molecule has 1 aliphatic heterocycles. The van der Waals surface area contributed by atoms with Crippen LogP contribution < -0.4 is 0 Å². The second kappa shape index (κ2) is 9.49. The number of fused-ring (bicyclic) bond motifs is 1. The molecule has 1 fully saturated rings. The fraction of sp³-hybridized carbons (Fsp3) is 0.292. The molecule has 0 spiro atoms. The van der Waals surface area contributed by atoms with E-state index in [-0.39, 0.29) is 30.7 Å². The summed E-state index contributed by atoms with van der Waals surface area (Å²) in [5.41, 5.74) is 4.21. The van der Waals surface area contributed by atoms with Crippen molar-refractivity contribution in [3.63, 3.8) is 0 Å². The van der Waals surface area contributed by atoms with E-state index in [0.717, 1.165) is 50.6 Å². The minimum Gasteiger partial charge on any atom is -0.481 e. The summed E-state index contributed by atoms with van der Waals surface area (Å²) in [6, 6.07) is 15.9. The highest BCUT2D eigenvalue weighted by Crippen LogP contribution is 2.44. The van der Waals surface area contributed by atoms with Gasteiger partial charge in [-0.15, -0.1) is 0 Å². The third kappa shape index (κ3) is 4.99. The number of carboxylic acids is 1. The highest BCUT2D eigenvalue weighted by molar-refractivity contribution is 9.10. The van der Waals surface area contributed by atoms with Crippen molar-refractivity contribution in [3.8, 4) is 0 Å². The van der Waals surface area contributed by atoms with E-state index < -0.39 is 5.97 Å². The first-order valence-corrected chi connectivity index (χ1v) is 11.9. The second-order valence-electron chi connectivity index (χ2n) is 7.83. The molecule has 1 saturated carbocycles. The van der Waals surface area contributed by atoms with Crippen molar-refractivity contribution in [1.82, 2.24) is 5.01 Å². The van der Waals surface area contributed by atoms with Gasteiger partial charge in [-0.3, -0.25) is 9.59 Å². The molecule has 0 aromatic heterocycles. The lowest BCUT2D eigenvalue weighted by Gasteiger charge is -2.29. The molecule has 5 nitrogen and oxygen atoms in total. The van der Waals surface area contributed by atoms with Crippen LogP contribution in [0.15, 0.2) is 68.2 Å². The number of benzene rings is 2. The van der Waals surface area contributed by atoms with Crippen LogP contribution in [-0.2, 0) is 9.59 Å². The molecule has 2 aliphatic rings. The Morgan fingerprint density at radius 3 is 2.32 bits per heavy atom. The van der Waals surface area contributed by atoms with Gasteiger partial charge in [-0.2, -0.15) is 5.10 Å². The molecule has 1 heterocycles. The van der Waals surface area contributed by atoms with Gasteiger partial charge < -0.3 is 5.11 Å². The Labute approximate surface area is 198 Å². The van der Waals surface area contributed by atoms with Gasteiger partial charge in [0.1, 0.15) is 0 Å². The molecule has 0 bridgehead atoms. The molecule has 2 aromatic rings. The van der Waals surface area contributed by atoms with Crippen LogP contribution >= 0.6 is 31.9 Å². The summed E-state index contributed by atoms with van der Waals surface area (Å²) >= 11 is 6.94. The van der Waals surface area contributed by atoms with Crippen LogP contribution in [0.1, 0.15) is 49.3 Å². The normalized spacial score (nSPS) is 21.7. The number of carboxylic acid groups (broad SMARTS) is 1. The predicted octanol–water partition coefficient (Wildman–Crippen LogP) is 6.20. The summed E-state index contributed by atoms with van der Waals surface area (Å²) in [6.45, 7) is 0. The van der Waals surface area contributed by atoms with Crippen molar-refractivity contribution in [3.05, 3.63) is 74.2 Å². The van der Waals surface area contributed by atoms with E-state index in [0.29, 0.717) is 0 Å². The molecule has 1 amide bonds. The highest BCUT2D eigenvalue weighted by Gasteiger charge is 2.43. The van der Waals surface area contributed by atoms with Crippen LogP contribution in [0.5, 0.6) is 0 Å². The molecule has 0 radical (unpaired) electrons. The molecule has 1 N–H and O–H groups in total. The van der Waals surface area contributed by atoms with Gasteiger partial charge in [0, 0.05) is 21.3 Å². The number of carbonyl (C=O) groups is 2. The Bertz CT molecular complexity index is 1050. The van der Waals surface area contributed by atoms with Gasteiger partial charge in [-0.1, -0.05) is 56.1 Å². The lowest BCUT2D eigenvalue weighted by molar-refractivity contribution is -0.141. The van der Waals surface area contributed by atoms with E-state index in [1.165, 1.54) is 5.01 Å². The third-order valence-corrected chi connectivity index (χ3v) is 6.79. The van der Waals surface area contributed by atoms with Crippen LogP contribution in [0.25, 0.3) is 6.08 Å². The summed E-state index contributed by atoms with van der Waals surface area (Å²) < 4.78 is 2.00. The summed E-state index contributed by atoms with van der Waals surface area (Å²) in [5.74, 6) is -1.13. The maximum Gasteiger partial charge on any atom is 0.303 e. The number of allylic oxidation sites excluding steroid dienone is 1. The maximum atomic E-state index is 13.0. The highest BCUT2D eigenvalue weighted by atomic mass is 79.9. The van der Waals surface area contributed by atoms with Gasteiger partial charge in [0.05, 0.1) is 18.2 Å². The predicted molar refractivity (Wildman–Crippen MR) is 127 cm³/mol. The van der Waals surface area contributed by atoms with E-state index in [4.69, 9.17) is 10.2 Å². The molecule has 1 aliphatic carbocycles. The minimum atomic E-state index is -0.978. The summed E-state index contributed by atoms with van der Waals surface area (Å²) in [4.78, 5) is 24.0. The lowest BCUT2D eigenvalue weighted by Crippen LogP contribution is -2.32. The van der Waals surface area contributed by atoms with E-state index >= 15 is 0 Å². The van der Waals surface area contributed by atoms with Crippen molar-refractivity contribution in [2.24, 2.45) is 11.0 Å². The van der Waals surface area contributed by atoms with Crippen molar-refractivity contribution in [1.29, 1.82) is 0 Å². The summed E-state index contributed by atoms with van der Waals surface area (Å²) in [7, 11) is 0. The van der Waals surface area contributed by atoms with E-state index in [9.17, 15) is 9.59 Å². The number of aliphatic carboxylic acids is 1. The molecular weight excluding hydrogens is 524 g/mol. The van der Waals surface area contributed by atoms with Gasteiger partial charge in [-0.25, -0.2) is 5.01 Å². The molecule has 7 heteroatoms. The van der Waals surface area contributed by atoms with Crippen molar-refractivity contribution >= 4 is 55.5 Å². The molecule has 0 saturated heterocycles. The number of rotatable bonds is 5. The lowest BCUT2D eigenvalue weighted by atomic mass is 9.77. The number of hydrogen-bond donors (Lipinski definition) is 1. The second-order valence-corrected chi connectivity index (χ2v) is 9.66. The van der Waals surface area contributed by atoms with Gasteiger partial charge in [-0.05, 0) is 66.3 Å². The zero-order valence-corrected chi connectivity index (χ0v) is 20.0. The van der Waals surface area contributed by atoms with Crippen molar-refractivity contribution < 1.29 is 14.7 Å². The number of amides is 1. The average Bonchev–Trinajstić information content (AvgIpc) is 3.15. The first-order chi connectivity index (χ1) is 14.9. The first-order valence-electron chi connectivity index (χ1n) is 10.3. The van der Waals surface area contributed by atoms with Crippen LogP contribution in [0, 0.1) is 5.92 Å². The number of carbonyl (C=O) groups excluding carboxylic acids is 1. The fourth-order valence-corrected chi connectivity index (χ4v) is 4.82. The Hall–Kier alpha value is -2.25. The van der Waals surface area contributed by atoms with E-state index in [2.05, 4.69) is 50.1 Å². The van der Waals surface area contributed by atoms with Crippen LogP contribution in [0.2, 0.25) is 0 Å². The SMILES string of the molecule is O=C(O)CCC(=O)N1N=C2/C(=C\c3ccc(Br)cc3)CCC[C@@H]2[C@@H]1c1ccc(Br)cc1. The van der Waals surface area contributed by atoms with Crippen molar-refractivity contribution in [2.75, 3.05) is 0 Å². The standard InChI is InChI=1S/C24H22Br2N2O3/c25-18-8-4-15(5-9-18)14-17-2-1-3-20-23(17)27-28(21(29)12-13-22(30)31)24(20)16-6-10-19(26)11-7-16/h4-11,14,20,24H,1-3,12-13H2,(H,30,31)/b17-14-/t20-,24-/m0/s1. The smallest absolute Gasteiger partial charge is 0.303 e. The Kier molecular flexibility index (Phi) is 6.72. The van der Waals surface area contributed by atoms with Crippen LogP contribution in [0.4, 0.5) is 0 Å². The van der Waals surface area contributed by atoms with Gasteiger partial charge >= 0.3 is 5.97 Å². The van der Waals surface area contributed by atoms with E-state index in [1.54, 1.807) is 0 Å². The van der Waals surface area contributed by atoms with Gasteiger partial charge in [0.15, 0.2) is 0 Å². The zero-order chi connectivity index (χ0) is 22.0. The third-order valence-electron chi connectivity index (χ3n) is 5.73. The van der Waals surface area contributed by atoms with Gasteiger partial charge in [0.2, 0.25) is 5.91 Å². The number of nitrogens with zero attached hydrogens (tertiary/aromatic N) is 2. The molecule has 160 valence electrons. The monoisotopic (exact) mass is 544 g/mol. The fourth-order valence-electron chi connectivity index (χ4n) is 4.29. The van der Waals surface area contributed by atoms with E-state index in [1.807, 2.05) is 36.4 Å². The Morgan fingerprint density at radius 1 is 1.03 bits per heavy atom. The number of hydrazone groups is 1. The van der Waals surface area contributed by atoms with Crippen LogP contribution in [-0.4, -0.2) is 27.7 Å². The quantitative estimate of drug-likeness (QED) is 0.486. The molecule has 0 unspecified atom stereocenters. The number of halogens is 2. The molecule has 2 aromatic carbocycles. The molecule has 31 heavy (non-hydrogen) atoms. The first kappa shape index (κ1) is 22.0. The average molecular weight is 546 g/mol. The summed E-state index contributed by atoms with van der Waals surface area (Å²) in [6.07, 6.45) is 4.78. The summed E-state index contributed by atoms with van der Waals surface area (Å²) in [5, 5.41) is 15.3. The largest absolute Gasteiger partial charge is 0.481 e. The Morgan fingerprint density at radius 2 is 1.68 bits per heavy atom. The zero-order valence-electron chi connectivity index (χ0n) is 16.8. The number of hydrogen-bond acceptors (Lipinski definition) is 3. The molecule has 2 atom stereocenters. The topological polar surface area (TPSA) is 70.0 Å². The minimum absolute atomic E-state index is 0.0579. The molecular formula is C24H22Br2N2O3. The van der Waals surface area contributed by atoms with Crippen LogP contribution in [0.3, 0.4) is 0 Å². The molecule has 4 rings (SSSR count). The van der Waals surface area contributed by atoms with Gasteiger partial charge in [0.25, 0.3) is 0 Å². The van der Waals surface area contributed by atoms with Crippen molar-refractivity contribution in [2.45, 2.75) is 38.1 Å².